The van der Waals surface area contributed by atoms with E-state index in [4.69, 9.17) is 10.8 Å². The second kappa shape index (κ2) is 13.7. The predicted molar refractivity (Wildman–Crippen MR) is 137 cm³/mol. The van der Waals surface area contributed by atoms with E-state index in [9.17, 15) is 19.2 Å². The molecule has 0 fully saturated rings. The molecule has 2 rings (SSSR count). The lowest BCUT2D eigenvalue weighted by Gasteiger charge is -2.24. The Bertz CT molecular complexity index is 1020. The highest BCUT2D eigenvalue weighted by molar-refractivity contribution is 7.98. The van der Waals surface area contributed by atoms with Crippen LogP contribution in [0.4, 0.5) is 0 Å². The number of carbonyl (C=O) groups excluding carboxylic acids is 3. The van der Waals surface area contributed by atoms with Crippen molar-refractivity contribution < 1.29 is 24.3 Å². The molecule has 3 unspecified atom stereocenters. The molecule has 0 radical (unpaired) electrons. The molecular weight excluding hydrogens is 470 g/mol. The summed E-state index contributed by atoms with van der Waals surface area (Å²) in [6, 6.07) is 4.91. The van der Waals surface area contributed by atoms with E-state index >= 15 is 0 Å². The molecule has 7 N–H and O–H groups in total. The minimum Gasteiger partial charge on any atom is -0.480 e. The van der Waals surface area contributed by atoms with E-state index in [1.165, 1.54) is 11.8 Å². The van der Waals surface area contributed by atoms with Crippen LogP contribution < -0.4 is 21.7 Å². The molecule has 192 valence electrons. The molecule has 0 aliphatic carbocycles. The number of hydrogen-bond acceptors (Lipinski definition) is 6. The molecule has 0 bridgehead atoms. The Morgan fingerprint density at radius 2 is 1.74 bits per heavy atom. The number of aromatic amines is 1. The zero-order valence-electron chi connectivity index (χ0n) is 20.3. The number of thioether (sulfide) groups is 1. The van der Waals surface area contributed by atoms with E-state index in [1.807, 2.05) is 44.4 Å². The maximum absolute atomic E-state index is 13.3. The summed E-state index contributed by atoms with van der Waals surface area (Å²) in [6.07, 6.45) is 4.60. The Balaban J connectivity index is 2.24. The van der Waals surface area contributed by atoms with Gasteiger partial charge in [0.1, 0.15) is 18.6 Å². The number of aromatic nitrogens is 1. The van der Waals surface area contributed by atoms with Crippen LogP contribution in [-0.4, -0.2) is 70.5 Å². The van der Waals surface area contributed by atoms with E-state index in [-0.39, 0.29) is 12.3 Å². The fraction of sp³-hybridized carbons (Fsp3) is 0.500. The van der Waals surface area contributed by atoms with Gasteiger partial charge in [0.05, 0.1) is 6.04 Å². The Kier molecular flexibility index (Phi) is 11.1. The first kappa shape index (κ1) is 28.2. The number of H-pyrrole nitrogens is 1. The van der Waals surface area contributed by atoms with Crippen LogP contribution in [0.25, 0.3) is 10.9 Å². The Morgan fingerprint density at radius 1 is 1.06 bits per heavy atom. The minimum atomic E-state index is -1.18. The van der Waals surface area contributed by atoms with Crippen molar-refractivity contribution in [3.05, 3.63) is 36.0 Å². The van der Waals surface area contributed by atoms with Crippen molar-refractivity contribution in [1.29, 1.82) is 0 Å². The van der Waals surface area contributed by atoms with E-state index in [0.717, 1.165) is 16.5 Å². The van der Waals surface area contributed by atoms with Gasteiger partial charge in [-0.15, -0.1) is 0 Å². The average Bonchev–Trinajstić information content (AvgIpc) is 3.21. The molecule has 0 saturated carbocycles. The quantitative estimate of drug-likeness (QED) is 0.223. The first-order valence-corrected chi connectivity index (χ1v) is 12.9. The standard InChI is InChI=1S/C24H35N5O5S/c1-14(2)10-17(25)22(32)29-20(11-15-12-26-18-7-5-4-6-16(15)18)24(34)28-19(8-9-35-3)23(33)27-13-21(30)31/h4-7,12,14,17,19-20,26H,8-11,13,25H2,1-3H3,(H,27,33)(H,28,34)(H,29,32)(H,30,31). The summed E-state index contributed by atoms with van der Waals surface area (Å²) < 4.78 is 0. The van der Waals surface area contributed by atoms with Gasteiger partial charge in [0.25, 0.3) is 0 Å². The number of carbonyl (C=O) groups is 4. The van der Waals surface area contributed by atoms with Crippen molar-refractivity contribution >= 4 is 46.4 Å². The number of benzene rings is 1. The molecule has 1 aromatic carbocycles. The summed E-state index contributed by atoms with van der Waals surface area (Å²) in [5, 5.41) is 17.5. The summed E-state index contributed by atoms with van der Waals surface area (Å²) >= 11 is 1.49. The van der Waals surface area contributed by atoms with E-state index in [2.05, 4.69) is 20.9 Å². The predicted octanol–water partition coefficient (Wildman–Crippen LogP) is 1.01. The van der Waals surface area contributed by atoms with Crippen LogP contribution in [0.3, 0.4) is 0 Å². The van der Waals surface area contributed by atoms with Crippen molar-refractivity contribution in [2.24, 2.45) is 11.7 Å². The van der Waals surface area contributed by atoms with E-state index < -0.39 is 48.4 Å². The lowest BCUT2D eigenvalue weighted by atomic mass is 10.0. The molecule has 3 amide bonds. The highest BCUT2D eigenvalue weighted by atomic mass is 32.2. The molecule has 0 saturated heterocycles. The summed E-state index contributed by atoms with van der Waals surface area (Å²) in [4.78, 5) is 52.7. The van der Waals surface area contributed by atoms with Crippen LogP contribution in [0.1, 0.15) is 32.3 Å². The van der Waals surface area contributed by atoms with Crippen LogP contribution in [0.15, 0.2) is 30.5 Å². The molecule has 0 aliphatic heterocycles. The van der Waals surface area contributed by atoms with Gasteiger partial charge in [-0.05, 0) is 42.4 Å². The van der Waals surface area contributed by atoms with Crippen molar-refractivity contribution in [3.8, 4) is 0 Å². The third-order valence-corrected chi connectivity index (χ3v) is 6.10. The summed E-state index contributed by atoms with van der Waals surface area (Å²) in [6.45, 7) is 3.36. The number of amides is 3. The first-order chi connectivity index (χ1) is 16.6. The third-order valence-electron chi connectivity index (χ3n) is 5.45. The average molecular weight is 506 g/mol. The second-order valence-electron chi connectivity index (χ2n) is 8.82. The van der Waals surface area contributed by atoms with E-state index in [0.29, 0.717) is 18.6 Å². The van der Waals surface area contributed by atoms with Gasteiger partial charge in [-0.2, -0.15) is 11.8 Å². The van der Waals surface area contributed by atoms with Gasteiger partial charge < -0.3 is 31.8 Å². The van der Waals surface area contributed by atoms with Crippen molar-refractivity contribution in [1.82, 2.24) is 20.9 Å². The molecule has 1 aromatic heterocycles. The van der Waals surface area contributed by atoms with Crippen LogP contribution in [0, 0.1) is 5.92 Å². The molecule has 0 aliphatic rings. The fourth-order valence-electron chi connectivity index (χ4n) is 3.69. The lowest BCUT2D eigenvalue weighted by Crippen LogP contribution is -2.56. The maximum atomic E-state index is 13.3. The molecule has 0 spiro atoms. The number of nitrogens with one attached hydrogen (secondary N) is 4. The van der Waals surface area contributed by atoms with Gasteiger partial charge in [0.2, 0.25) is 17.7 Å². The molecule has 1 heterocycles. The molecule has 35 heavy (non-hydrogen) atoms. The summed E-state index contributed by atoms with van der Waals surface area (Å²) in [5.74, 6) is -2.00. The molecule has 11 heteroatoms. The van der Waals surface area contributed by atoms with Gasteiger partial charge in [0, 0.05) is 23.5 Å². The monoisotopic (exact) mass is 505 g/mol. The molecular formula is C24H35N5O5S. The number of carboxylic acid groups (broad SMARTS) is 1. The first-order valence-electron chi connectivity index (χ1n) is 11.5. The third kappa shape index (κ3) is 8.91. The zero-order chi connectivity index (χ0) is 26.0. The molecule has 3 atom stereocenters. The highest BCUT2D eigenvalue weighted by Crippen LogP contribution is 2.19. The second-order valence-corrected chi connectivity index (χ2v) is 9.80. The van der Waals surface area contributed by atoms with Crippen LogP contribution in [0.5, 0.6) is 0 Å². The Hall–Kier alpha value is -3.05. The Labute approximate surface area is 209 Å². The van der Waals surface area contributed by atoms with Crippen molar-refractivity contribution in [2.75, 3.05) is 18.6 Å². The number of hydrogen-bond donors (Lipinski definition) is 6. The van der Waals surface area contributed by atoms with Crippen molar-refractivity contribution in [3.63, 3.8) is 0 Å². The topological polar surface area (TPSA) is 166 Å². The summed E-state index contributed by atoms with van der Waals surface area (Å²) in [7, 11) is 0. The number of rotatable bonds is 14. The fourth-order valence-corrected chi connectivity index (χ4v) is 4.16. The minimum absolute atomic E-state index is 0.183. The van der Waals surface area contributed by atoms with Crippen LogP contribution in [-0.2, 0) is 25.6 Å². The maximum Gasteiger partial charge on any atom is 0.322 e. The number of nitrogens with two attached hydrogens (primary N) is 1. The molecule has 2 aromatic rings. The van der Waals surface area contributed by atoms with Crippen molar-refractivity contribution in [2.45, 2.75) is 51.2 Å². The summed E-state index contributed by atoms with van der Waals surface area (Å²) in [5.41, 5.74) is 7.77. The van der Waals surface area contributed by atoms with E-state index in [1.54, 1.807) is 6.20 Å². The van der Waals surface area contributed by atoms with Crippen LogP contribution in [0.2, 0.25) is 0 Å². The number of carboxylic acids is 1. The highest BCUT2D eigenvalue weighted by Gasteiger charge is 2.29. The van der Waals surface area contributed by atoms with Gasteiger partial charge in [-0.3, -0.25) is 19.2 Å². The van der Waals surface area contributed by atoms with Crippen LogP contribution >= 0.6 is 11.8 Å². The SMILES string of the molecule is CSCCC(NC(=O)C(Cc1c[nH]c2ccccc12)NC(=O)C(N)CC(C)C)C(=O)NCC(=O)O. The number of fused-ring (bicyclic) bond motifs is 1. The smallest absolute Gasteiger partial charge is 0.322 e. The number of aliphatic carboxylic acids is 1. The largest absolute Gasteiger partial charge is 0.480 e. The van der Waals surface area contributed by atoms with Gasteiger partial charge in [0.15, 0.2) is 0 Å². The number of para-hydroxylation sites is 1. The Morgan fingerprint density at radius 3 is 2.40 bits per heavy atom. The van der Waals surface area contributed by atoms with Gasteiger partial charge in [-0.25, -0.2) is 0 Å². The molecule has 10 nitrogen and oxygen atoms in total. The lowest BCUT2D eigenvalue weighted by molar-refractivity contribution is -0.138. The van der Waals surface area contributed by atoms with Gasteiger partial charge >= 0.3 is 5.97 Å². The zero-order valence-corrected chi connectivity index (χ0v) is 21.1. The normalized spacial score (nSPS) is 13.7. The van der Waals surface area contributed by atoms with Gasteiger partial charge in [-0.1, -0.05) is 32.0 Å².